The highest BCUT2D eigenvalue weighted by Crippen LogP contribution is 2.32. The number of hydrogen-bond donors (Lipinski definition) is 1. The van der Waals surface area contributed by atoms with Crippen LogP contribution in [0.3, 0.4) is 0 Å². The molecule has 2 rings (SSSR count). The first-order chi connectivity index (χ1) is 8.24. The largest absolute Gasteiger partial charge is 0.454 e. The first-order valence-corrected chi connectivity index (χ1v) is 4.98. The van der Waals surface area contributed by atoms with Crippen LogP contribution in [0.25, 0.3) is 6.08 Å². The Bertz CT molecular complexity index is 529. The van der Waals surface area contributed by atoms with Gasteiger partial charge in [0.1, 0.15) is 11.6 Å². The lowest BCUT2D eigenvalue weighted by Gasteiger charge is -1.99. The molecule has 0 aliphatic carbocycles. The van der Waals surface area contributed by atoms with Crippen LogP contribution in [0.4, 0.5) is 0 Å². The quantitative estimate of drug-likeness (QED) is 0.609. The molecule has 1 aromatic carbocycles. The summed E-state index contributed by atoms with van der Waals surface area (Å²) in [5.74, 6) is 0.874. The van der Waals surface area contributed by atoms with Crippen molar-refractivity contribution >= 4 is 12.0 Å². The van der Waals surface area contributed by atoms with Gasteiger partial charge in [-0.3, -0.25) is 4.79 Å². The lowest BCUT2D eigenvalue weighted by molar-refractivity contribution is -0.116. The van der Waals surface area contributed by atoms with E-state index in [4.69, 9.17) is 14.7 Å². The molecular weight excluding hydrogens is 220 g/mol. The van der Waals surface area contributed by atoms with Crippen molar-refractivity contribution in [3.8, 4) is 17.6 Å². The van der Waals surface area contributed by atoms with Crippen LogP contribution in [0.1, 0.15) is 5.56 Å². The number of rotatable bonds is 2. The van der Waals surface area contributed by atoms with Gasteiger partial charge in [0.15, 0.2) is 11.5 Å². The average molecular weight is 230 g/mol. The molecule has 5 heteroatoms. The second-order valence-corrected chi connectivity index (χ2v) is 3.36. The number of amides is 1. The third kappa shape index (κ3) is 2.21. The number of benzene rings is 1. The number of ether oxygens (including phenoxy) is 2. The molecule has 0 aromatic heterocycles. The maximum Gasteiger partial charge on any atom is 0.261 e. The molecule has 5 nitrogen and oxygen atoms in total. The van der Waals surface area contributed by atoms with E-state index in [2.05, 4.69) is 5.32 Å². The predicted octanol–water partition coefficient (Wildman–Crippen LogP) is 1.07. The van der Waals surface area contributed by atoms with Crippen molar-refractivity contribution in [2.45, 2.75) is 0 Å². The number of carbonyl (C=O) groups excluding carboxylic acids is 1. The Kier molecular flexibility index (Phi) is 2.97. The number of nitrogens with one attached hydrogen (secondary N) is 1. The number of fused-ring (bicyclic) bond motifs is 1. The molecule has 86 valence electrons. The van der Waals surface area contributed by atoms with E-state index in [9.17, 15) is 4.79 Å². The summed E-state index contributed by atoms with van der Waals surface area (Å²) in [5.41, 5.74) is 0.765. The normalized spacial score (nSPS) is 13.1. The van der Waals surface area contributed by atoms with Crippen molar-refractivity contribution < 1.29 is 14.3 Å². The standard InChI is InChI=1S/C12H10N2O3/c1-14-12(15)9(6-13)4-8-2-3-10-11(5-8)17-7-16-10/h2-5H,7H2,1H3,(H,14,15). The second-order valence-electron chi connectivity index (χ2n) is 3.36. The maximum atomic E-state index is 11.3. The Hall–Kier alpha value is -2.48. The van der Waals surface area contributed by atoms with E-state index in [1.165, 1.54) is 13.1 Å². The van der Waals surface area contributed by atoms with Gasteiger partial charge in [0.2, 0.25) is 6.79 Å². The second kappa shape index (κ2) is 4.58. The fraction of sp³-hybridized carbons (Fsp3) is 0.167. The third-order valence-corrected chi connectivity index (χ3v) is 2.30. The molecule has 1 N–H and O–H groups in total. The van der Waals surface area contributed by atoms with Crippen LogP contribution in [-0.2, 0) is 4.79 Å². The van der Waals surface area contributed by atoms with E-state index in [1.54, 1.807) is 18.2 Å². The Morgan fingerprint density at radius 2 is 2.24 bits per heavy atom. The van der Waals surface area contributed by atoms with E-state index >= 15 is 0 Å². The number of carbonyl (C=O) groups is 1. The molecule has 1 aromatic rings. The van der Waals surface area contributed by atoms with E-state index in [-0.39, 0.29) is 12.4 Å². The highest BCUT2D eigenvalue weighted by molar-refractivity contribution is 6.01. The Morgan fingerprint density at radius 1 is 1.47 bits per heavy atom. The number of hydrogen-bond acceptors (Lipinski definition) is 4. The number of likely N-dealkylation sites (N-methyl/N-ethyl adjacent to an activating group) is 1. The predicted molar refractivity (Wildman–Crippen MR) is 60.2 cm³/mol. The van der Waals surface area contributed by atoms with Crippen molar-refractivity contribution in [3.63, 3.8) is 0 Å². The molecule has 1 aliphatic rings. The van der Waals surface area contributed by atoms with Gasteiger partial charge in [-0.1, -0.05) is 6.07 Å². The molecule has 1 aliphatic heterocycles. The fourth-order valence-corrected chi connectivity index (χ4v) is 1.45. The van der Waals surface area contributed by atoms with Crippen molar-refractivity contribution in [2.75, 3.05) is 13.8 Å². The molecule has 0 bridgehead atoms. The van der Waals surface area contributed by atoms with Gasteiger partial charge in [-0.25, -0.2) is 0 Å². The van der Waals surface area contributed by atoms with E-state index in [0.717, 1.165) is 5.56 Å². The average Bonchev–Trinajstić information content (AvgIpc) is 2.82. The summed E-state index contributed by atoms with van der Waals surface area (Å²) < 4.78 is 10.4. The van der Waals surface area contributed by atoms with Gasteiger partial charge in [-0.05, 0) is 23.8 Å². The summed E-state index contributed by atoms with van der Waals surface area (Å²) in [7, 11) is 1.48. The van der Waals surface area contributed by atoms with Crippen molar-refractivity contribution in [1.29, 1.82) is 5.26 Å². The van der Waals surface area contributed by atoms with Crippen molar-refractivity contribution in [2.24, 2.45) is 0 Å². The molecule has 0 atom stereocenters. The third-order valence-electron chi connectivity index (χ3n) is 2.30. The Labute approximate surface area is 98.3 Å². The lowest BCUT2D eigenvalue weighted by Crippen LogP contribution is -2.19. The summed E-state index contributed by atoms with van der Waals surface area (Å²) >= 11 is 0. The molecule has 1 amide bonds. The van der Waals surface area contributed by atoms with E-state index in [1.807, 2.05) is 6.07 Å². The van der Waals surface area contributed by atoms with Crippen LogP contribution < -0.4 is 14.8 Å². The van der Waals surface area contributed by atoms with Crippen molar-refractivity contribution in [1.82, 2.24) is 5.32 Å². The van der Waals surface area contributed by atoms with Crippen LogP contribution in [0, 0.1) is 11.3 Å². The summed E-state index contributed by atoms with van der Waals surface area (Å²) in [5, 5.41) is 11.3. The van der Waals surface area contributed by atoms with Crippen molar-refractivity contribution in [3.05, 3.63) is 29.3 Å². The van der Waals surface area contributed by atoms with E-state index in [0.29, 0.717) is 11.5 Å². The van der Waals surface area contributed by atoms with Gasteiger partial charge in [0, 0.05) is 7.05 Å². The summed E-state index contributed by atoms with van der Waals surface area (Å²) in [6.45, 7) is 0.197. The number of nitrogens with zero attached hydrogens (tertiary/aromatic N) is 1. The zero-order valence-electron chi connectivity index (χ0n) is 9.19. The van der Waals surface area contributed by atoms with Gasteiger partial charge in [0.25, 0.3) is 5.91 Å². The molecule has 1 heterocycles. The molecular formula is C12H10N2O3. The monoisotopic (exact) mass is 230 g/mol. The SMILES string of the molecule is CNC(=O)C(C#N)=Cc1ccc2c(c1)OCO2. The zero-order chi connectivity index (χ0) is 12.3. The Morgan fingerprint density at radius 3 is 2.94 bits per heavy atom. The fourth-order valence-electron chi connectivity index (χ4n) is 1.45. The van der Waals surface area contributed by atoms with Gasteiger partial charge in [-0.15, -0.1) is 0 Å². The topological polar surface area (TPSA) is 71.4 Å². The van der Waals surface area contributed by atoms with Crippen LogP contribution >= 0.6 is 0 Å². The highest BCUT2D eigenvalue weighted by Gasteiger charge is 2.13. The summed E-state index contributed by atoms with van der Waals surface area (Å²) in [4.78, 5) is 11.3. The molecule has 0 fully saturated rings. The van der Waals surface area contributed by atoms with Crippen LogP contribution in [0.5, 0.6) is 11.5 Å². The number of nitriles is 1. The molecule has 0 spiro atoms. The molecule has 0 radical (unpaired) electrons. The first kappa shape index (κ1) is 11.0. The van der Waals surface area contributed by atoms with Gasteiger partial charge in [-0.2, -0.15) is 5.26 Å². The smallest absolute Gasteiger partial charge is 0.261 e. The van der Waals surface area contributed by atoms with Gasteiger partial charge < -0.3 is 14.8 Å². The Balaban J connectivity index is 2.32. The van der Waals surface area contributed by atoms with Crippen LogP contribution in [-0.4, -0.2) is 19.7 Å². The van der Waals surface area contributed by atoms with Gasteiger partial charge >= 0.3 is 0 Å². The molecule has 0 saturated carbocycles. The summed E-state index contributed by atoms with van der Waals surface area (Å²) in [6.07, 6.45) is 1.50. The lowest BCUT2D eigenvalue weighted by atomic mass is 10.1. The minimum absolute atomic E-state index is 0.0476. The van der Waals surface area contributed by atoms with E-state index < -0.39 is 5.91 Å². The minimum atomic E-state index is -0.412. The molecule has 17 heavy (non-hydrogen) atoms. The maximum absolute atomic E-state index is 11.3. The summed E-state index contributed by atoms with van der Waals surface area (Å²) in [6, 6.07) is 7.07. The molecule has 0 unspecified atom stereocenters. The highest BCUT2D eigenvalue weighted by atomic mass is 16.7. The molecule has 0 saturated heterocycles. The van der Waals surface area contributed by atoms with Gasteiger partial charge in [0.05, 0.1) is 0 Å². The van der Waals surface area contributed by atoms with Crippen LogP contribution in [0.15, 0.2) is 23.8 Å². The zero-order valence-corrected chi connectivity index (χ0v) is 9.19. The first-order valence-electron chi connectivity index (χ1n) is 4.98. The minimum Gasteiger partial charge on any atom is -0.454 e. The van der Waals surface area contributed by atoms with Crippen LogP contribution in [0.2, 0.25) is 0 Å².